The number of carbonyl (C=O) groups is 3. The number of aliphatic hydroxyl groups excluding tert-OH is 1. The Morgan fingerprint density at radius 3 is 2.32 bits per heavy atom. The maximum Gasteiger partial charge on any atom is 0.419 e. The SMILES string of the molecule is CCCCN(CCCC)C(=O)c1cc(C)n(-c2ccc(NC(=O)Cc3ccc(OC)c(C(F)(F)F)c3)cc2C(=O)N2Cc3ccccc3CC2CO)n1. The Morgan fingerprint density at radius 2 is 1.68 bits per heavy atom. The first-order valence-electron chi connectivity index (χ1n) is 17.9. The van der Waals surface area contributed by atoms with Gasteiger partial charge in [-0.15, -0.1) is 0 Å². The van der Waals surface area contributed by atoms with Gasteiger partial charge in [-0.25, -0.2) is 4.68 Å². The molecular formula is C40H46F3N5O5. The average Bonchev–Trinajstić information content (AvgIpc) is 3.54. The lowest BCUT2D eigenvalue weighted by atomic mass is 9.93. The Balaban J connectivity index is 1.51. The summed E-state index contributed by atoms with van der Waals surface area (Å²) in [4.78, 5) is 44.8. The number of hydrogen-bond donors (Lipinski definition) is 2. The van der Waals surface area contributed by atoms with E-state index in [1.54, 1.807) is 34.9 Å². The van der Waals surface area contributed by atoms with E-state index in [9.17, 15) is 32.7 Å². The molecule has 13 heteroatoms. The predicted octanol–water partition coefficient (Wildman–Crippen LogP) is 6.99. The molecule has 282 valence electrons. The van der Waals surface area contributed by atoms with Gasteiger partial charge in [0.05, 0.1) is 43.0 Å². The van der Waals surface area contributed by atoms with Gasteiger partial charge >= 0.3 is 6.18 Å². The zero-order chi connectivity index (χ0) is 38.3. The van der Waals surface area contributed by atoms with E-state index in [2.05, 4.69) is 24.3 Å². The number of benzene rings is 3. The summed E-state index contributed by atoms with van der Waals surface area (Å²) in [6, 6.07) is 17.0. The molecule has 0 aliphatic carbocycles. The molecule has 5 rings (SSSR count). The summed E-state index contributed by atoms with van der Waals surface area (Å²) in [5.74, 6) is -1.58. The molecule has 0 spiro atoms. The summed E-state index contributed by atoms with van der Waals surface area (Å²) in [6.45, 7) is 7.08. The number of nitrogens with zero attached hydrogens (tertiary/aromatic N) is 4. The van der Waals surface area contributed by atoms with E-state index >= 15 is 0 Å². The van der Waals surface area contributed by atoms with Crippen LogP contribution in [0.15, 0.2) is 66.7 Å². The fourth-order valence-corrected chi connectivity index (χ4v) is 6.59. The van der Waals surface area contributed by atoms with Crippen molar-refractivity contribution in [2.75, 3.05) is 32.1 Å². The highest BCUT2D eigenvalue weighted by Gasteiger charge is 2.35. The number of anilines is 1. The number of unbranched alkanes of at least 4 members (excludes halogenated alkanes) is 2. The first-order valence-corrected chi connectivity index (χ1v) is 17.9. The van der Waals surface area contributed by atoms with Crippen LogP contribution in [0.25, 0.3) is 5.69 Å². The van der Waals surface area contributed by atoms with Crippen molar-refractivity contribution in [3.63, 3.8) is 0 Å². The lowest BCUT2D eigenvalue weighted by molar-refractivity contribution is -0.138. The first-order chi connectivity index (χ1) is 25.4. The van der Waals surface area contributed by atoms with Gasteiger partial charge < -0.3 is 25.0 Å². The van der Waals surface area contributed by atoms with Crippen LogP contribution >= 0.6 is 0 Å². The number of hydrogen-bond acceptors (Lipinski definition) is 6. The van der Waals surface area contributed by atoms with Gasteiger partial charge in [0.15, 0.2) is 5.69 Å². The van der Waals surface area contributed by atoms with Crippen LogP contribution < -0.4 is 10.1 Å². The molecule has 1 atom stereocenters. The minimum absolute atomic E-state index is 0.123. The van der Waals surface area contributed by atoms with Crippen LogP contribution in [0, 0.1) is 6.92 Å². The third-order valence-corrected chi connectivity index (χ3v) is 9.46. The fourth-order valence-electron chi connectivity index (χ4n) is 6.59. The molecule has 3 amide bonds. The molecule has 4 aromatic rings. The number of carbonyl (C=O) groups excluding carboxylic acids is 3. The van der Waals surface area contributed by atoms with Gasteiger partial charge in [-0.1, -0.05) is 57.0 Å². The first kappa shape index (κ1) is 39.0. The van der Waals surface area contributed by atoms with Crippen molar-refractivity contribution in [1.29, 1.82) is 0 Å². The maximum atomic E-state index is 14.6. The number of methoxy groups -OCH3 is 1. The van der Waals surface area contributed by atoms with Crippen molar-refractivity contribution in [3.8, 4) is 11.4 Å². The number of rotatable bonds is 14. The molecule has 53 heavy (non-hydrogen) atoms. The number of nitrogens with one attached hydrogen (secondary N) is 1. The second-order valence-corrected chi connectivity index (χ2v) is 13.3. The molecule has 0 radical (unpaired) electrons. The zero-order valence-corrected chi connectivity index (χ0v) is 30.5. The minimum Gasteiger partial charge on any atom is -0.496 e. The number of amides is 3. The Kier molecular flexibility index (Phi) is 12.6. The second-order valence-electron chi connectivity index (χ2n) is 13.3. The van der Waals surface area contributed by atoms with Crippen LogP contribution in [0.1, 0.15) is 88.3 Å². The number of aliphatic hydroxyl groups is 1. The molecule has 1 aliphatic rings. The maximum absolute atomic E-state index is 14.6. The van der Waals surface area contributed by atoms with Crippen LogP contribution in [-0.2, 0) is 30.4 Å². The van der Waals surface area contributed by atoms with E-state index in [-0.39, 0.29) is 53.7 Å². The van der Waals surface area contributed by atoms with Crippen LogP contribution in [0.4, 0.5) is 18.9 Å². The topological polar surface area (TPSA) is 117 Å². The van der Waals surface area contributed by atoms with Crippen molar-refractivity contribution in [3.05, 3.63) is 106 Å². The van der Waals surface area contributed by atoms with E-state index < -0.39 is 29.6 Å². The van der Waals surface area contributed by atoms with E-state index in [1.807, 2.05) is 24.3 Å². The van der Waals surface area contributed by atoms with Gasteiger partial charge in [-0.2, -0.15) is 18.3 Å². The molecular weight excluding hydrogens is 687 g/mol. The number of aryl methyl sites for hydroxylation is 1. The van der Waals surface area contributed by atoms with Crippen molar-refractivity contribution in [2.45, 2.75) is 78.1 Å². The number of alkyl halides is 3. The molecule has 1 aliphatic heterocycles. The molecule has 0 saturated carbocycles. The lowest BCUT2D eigenvalue weighted by Crippen LogP contribution is -2.46. The minimum atomic E-state index is -4.68. The van der Waals surface area contributed by atoms with Gasteiger partial charge in [0.1, 0.15) is 5.75 Å². The molecule has 3 aromatic carbocycles. The van der Waals surface area contributed by atoms with Gasteiger partial charge in [0, 0.05) is 31.0 Å². The van der Waals surface area contributed by atoms with E-state index in [4.69, 9.17) is 4.74 Å². The summed E-state index contributed by atoms with van der Waals surface area (Å²) < 4.78 is 47.3. The summed E-state index contributed by atoms with van der Waals surface area (Å²) in [7, 11) is 1.14. The van der Waals surface area contributed by atoms with Crippen molar-refractivity contribution in [2.24, 2.45) is 0 Å². The van der Waals surface area contributed by atoms with Crippen molar-refractivity contribution in [1.82, 2.24) is 19.6 Å². The molecule has 1 aromatic heterocycles. The van der Waals surface area contributed by atoms with Gasteiger partial charge in [0.25, 0.3) is 11.8 Å². The Hall–Kier alpha value is -5.17. The fraction of sp³-hybridized carbons (Fsp3) is 0.400. The quantitative estimate of drug-likeness (QED) is 0.144. The Bertz CT molecular complexity index is 1930. The summed E-state index contributed by atoms with van der Waals surface area (Å²) in [6.07, 6.45) is -1.03. The van der Waals surface area contributed by atoms with Crippen molar-refractivity contribution < 1.29 is 37.4 Å². The largest absolute Gasteiger partial charge is 0.496 e. The number of ether oxygens (including phenoxy) is 1. The molecule has 10 nitrogen and oxygen atoms in total. The highest BCUT2D eigenvalue weighted by molar-refractivity contribution is 6.01. The zero-order valence-electron chi connectivity index (χ0n) is 30.5. The molecule has 0 bridgehead atoms. The lowest BCUT2D eigenvalue weighted by Gasteiger charge is -2.36. The normalized spacial score (nSPS) is 14.1. The third-order valence-electron chi connectivity index (χ3n) is 9.46. The monoisotopic (exact) mass is 733 g/mol. The standard InChI is InChI=1S/C40H46F3N5O5/c1-5-7-17-46(18-8-6-2)39(52)34-19-26(3)48(45-34)35-15-14-30(44-37(50)21-27-13-16-36(53-4)33(20-27)40(41,42)43)23-32(35)38(51)47-24-29-12-10-9-11-28(29)22-31(47)25-49/h9-16,19-20,23,31,49H,5-8,17-18,21-22,24-25H2,1-4H3,(H,44,50). The van der Waals surface area contributed by atoms with Crippen LogP contribution in [0.5, 0.6) is 5.75 Å². The second kappa shape index (κ2) is 17.1. The van der Waals surface area contributed by atoms with Crippen LogP contribution in [-0.4, -0.2) is 75.3 Å². The smallest absolute Gasteiger partial charge is 0.419 e. The molecule has 1 unspecified atom stereocenters. The van der Waals surface area contributed by atoms with Gasteiger partial charge in [-0.05, 0) is 79.3 Å². The van der Waals surface area contributed by atoms with Crippen LogP contribution in [0.2, 0.25) is 0 Å². The number of fused-ring (bicyclic) bond motifs is 1. The van der Waals surface area contributed by atoms with Crippen molar-refractivity contribution >= 4 is 23.4 Å². The molecule has 0 saturated heterocycles. The van der Waals surface area contributed by atoms with E-state index in [1.165, 1.54) is 22.9 Å². The van der Waals surface area contributed by atoms with Gasteiger partial charge in [-0.3, -0.25) is 14.4 Å². The van der Waals surface area contributed by atoms with Crippen LogP contribution in [0.3, 0.4) is 0 Å². The highest BCUT2D eigenvalue weighted by atomic mass is 19.4. The molecule has 2 N–H and O–H groups in total. The Morgan fingerprint density at radius 1 is 0.981 bits per heavy atom. The summed E-state index contributed by atoms with van der Waals surface area (Å²) in [5.41, 5.74) is 2.70. The average molecular weight is 734 g/mol. The summed E-state index contributed by atoms with van der Waals surface area (Å²) in [5, 5.41) is 17.8. The number of aromatic nitrogens is 2. The summed E-state index contributed by atoms with van der Waals surface area (Å²) >= 11 is 0. The van der Waals surface area contributed by atoms with E-state index in [0.29, 0.717) is 30.9 Å². The van der Waals surface area contributed by atoms with Gasteiger partial charge in [0.2, 0.25) is 5.91 Å². The molecule has 2 heterocycles. The predicted molar refractivity (Wildman–Crippen MR) is 195 cm³/mol. The molecule has 0 fully saturated rings. The third kappa shape index (κ3) is 9.08. The number of halogens is 3. The Labute approximate surface area is 307 Å². The highest BCUT2D eigenvalue weighted by Crippen LogP contribution is 2.37. The van der Waals surface area contributed by atoms with E-state index in [0.717, 1.165) is 50.0 Å².